The minimum Gasteiger partial charge on any atom is -0.550 e. The summed E-state index contributed by atoms with van der Waals surface area (Å²) < 4.78 is 41.0. The second-order valence-electron chi connectivity index (χ2n) is 9.98. The molecule has 0 aliphatic heterocycles. The van der Waals surface area contributed by atoms with Crippen LogP contribution in [-0.4, -0.2) is 83.7 Å². The number of rotatable bonds is 20. The van der Waals surface area contributed by atoms with Gasteiger partial charge in [0.15, 0.2) is 0 Å². The molecule has 0 heterocycles. The first-order chi connectivity index (χ1) is 16.4. The minimum atomic E-state index is -3.79. The van der Waals surface area contributed by atoms with Gasteiger partial charge in [-0.3, -0.25) is 0 Å². The van der Waals surface area contributed by atoms with E-state index in [0.717, 1.165) is 30.8 Å². The van der Waals surface area contributed by atoms with Crippen LogP contribution in [0.25, 0.3) is 0 Å². The molecule has 1 aromatic rings. The van der Waals surface area contributed by atoms with Crippen molar-refractivity contribution in [3.8, 4) is 11.5 Å². The van der Waals surface area contributed by atoms with E-state index in [1.165, 1.54) is 30.6 Å². The first-order valence-corrected chi connectivity index (χ1v) is 14.0. The number of carboxylic acids is 1. The highest BCUT2D eigenvalue weighted by atomic mass is 32.2. The summed E-state index contributed by atoms with van der Waals surface area (Å²) in [4.78, 5) is 11.0. The molecule has 9 nitrogen and oxygen atoms in total. The number of likely N-dealkylation sites (N-methyl/N-ethyl adjacent to an activating group) is 1. The number of nitrogens with one attached hydrogen (secondary N) is 1. The number of benzene rings is 1. The summed E-state index contributed by atoms with van der Waals surface area (Å²) in [6.07, 6.45) is 6.54. The number of hydrogen-bond donors (Lipinski definition) is 1. The molecular formula is C25H45N3O6S. The van der Waals surface area contributed by atoms with E-state index in [4.69, 9.17) is 9.47 Å². The molecule has 1 atom stereocenters. The molecule has 0 aliphatic rings. The Balaban J connectivity index is 2.35. The van der Waals surface area contributed by atoms with Crippen LogP contribution >= 0.6 is 0 Å². The largest absolute Gasteiger partial charge is 0.550 e. The summed E-state index contributed by atoms with van der Waals surface area (Å²) in [5.41, 5.74) is 0. The van der Waals surface area contributed by atoms with Crippen LogP contribution in [0.4, 0.5) is 0 Å². The Morgan fingerprint density at radius 3 is 2.11 bits per heavy atom. The monoisotopic (exact) mass is 515 g/mol. The molecule has 35 heavy (non-hydrogen) atoms. The summed E-state index contributed by atoms with van der Waals surface area (Å²) in [7, 11) is 3.33. The molecule has 1 N–H and O–H groups in total. The molecule has 202 valence electrons. The van der Waals surface area contributed by atoms with Crippen LogP contribution in [0.3, 0.4) is 0 Å². The van der Waals surface area contributed by atoms with Gasteiger partial charge in [0, 0.05) is 32.0 Å². The third-order valence-corrected chi connectivity index (χ3v) is 7.00. The molecule has 0 unspecified atom stereocenters. The summed E-state index contributed by atoms with van der Waals surface area (Å²) in [6.45, 7) is 4.09. The lowest BCUT2D eigenvalue weighted by molar-refractivity contribution is -0.871. The Kier molecular flexibility index (Phi) is 14.2. The van der Waals surface area contributed by atoms with Crippen molar-refractivity contribution in [3.63, 3.8) is 0 Å². The van der Waals surface area contributed by atoms with Gasteiger partial charge in [-0.2, -0.15) is 17.4 Å². The fraction of sp³-hybridized carbons (Fsp3) is 0.720. The summed E-state index contributed by atoms with van der Waals surface area (Å²) >= 11 is 0. The fourth-order valence-electron chi connectivity index (χ4n) is 3.60. The highest BCUT2D eigenvalue weighted by Gasteiger charge is 2.26. The van der Waals surface area contributed by atoms with Crippen molar-refractivity contribution in [2.75, 3.05) is 54.5 Å². The van der Waals surface area contributed by atoms with Crippen LogP contribution in [-0.2, 0) is 15.0 Å². The SMILES string of the molecule is CCCCCCOc1cccc(OCCCCCN(C)S(=O)(=O)N[C@H](CC(=O)[O-])C[N+](C)(C)C)c1. The van der Waals surface area contributed by atoms with Crippen molar-refractivity contribution in [1.82, 2.24) is 9.03 Å². The topological polar surface area (TPSA) is 108 Å². The van der Waals surface area contributed by atoms with E-state index in [1.54, 1.807) is 0 Å². The van der Waals surface area contributed by atoms with Crippen molar-refractivity contribution in [2.24, 2.45) is 0 Å². The van der Waals surface area contributed by atoms with Crippen molar-refractivity contribution < 1.29 is 32.3 Å². The molecule has 0 fully saturated rings. The molecule has 0 amide bonds. The molecular weight excluding hydrogens is 470 g/mol. The first-order valence-electron chi connectivity index (χ1n) is 12.5. The number of carbonyl (C=O) groups is 1. The van der Waals surface area contributed by atoms with Gasteiger partial charge in [0.05, 0.1) is 46.9 Å². The van der Waals surface area contributed by atoms with Crippen molar-refractivity contribution in [2.45, 2.75) is 64.3 Å². The second-order valence-corrected chi connectivity index (χ2v) is 11.8. The van der Waals surface area contributed by atoms with Crippen LogP contribution in [0.5, 0.6) is 11.5 Å². The highest BCUT2D eigenvalue weighted by Crippen LogP contribution is 2.20. The molecule has 0 aromatic heterocycles. The Hall–Kier alpha value is -1.88. The van der Waals surface area contributed by atoms with E-state index >= 15 is 0 Å². The van der Waals surface area contributed by atoms with Gasteiger partial charge in [-0.05, 0) is 37.8 Å². The molecule has 0 aliphatic carbocycles. The van der Waals surface area contributed by atoms with Gasteiger partial charge in [-0.25, -0.2) is 0 Å². The third-order valence-electron chi connectivity index (χ3n) is 5.37. The molecule has 0 saturated carbocycles. The fourth-order valence-corrected chi connectivity index (χ4v) is 4.73. The summed E-state index contributed by atoms with van der Waals surface area (Å²) in [5, 5.41) is 11.0. The molecule has 0 bridgehead atoms. The lowest BCUT2D eigenvalue weighted by Crippen LogP contribution is -2.53. The number of quaternary nitrogens is 1. The quantitative estimate of drug-likeness (QED) is 0.211. The Bertz CT molecular complexity index is 842. The van der Waals surface area contributed by atoms with E-state index in [0.29, 0.717) is 37.2 Å². The molecule has 1 rings (SSSR count). The van der Waals surface area contributed by atoms with Crippen molar-refractivity contribution in [3.05, 3.63) is 24.3 Å². The van der Waals surface area contributed by atoms with Gasteiger partial charge in [0.25, 0.3) is 10.2 Å². The number of aliphatic carboxylic acids is 1. The van der Waals surface area contributed by atoms with Gasteiger partial charge >= 0.3 is 0 Å². The van der Waals surface area contributed by atoms with Gasteiger partial charge in [0.2, 0.25) is 0 Å². The number of hydrogen-bond acceptors (Lipinski definition) is 6. The van der Waals surface area contributed by atoms with E-state index in [9.17, 15) is 18.3 Å². The number of unbranched alkanes of at least 4 members (excludes halogenated alkanes) is 5. The summed E-state index contributed by atoms with van der Waals surface area (Å²) in [5.74, 6) is 0.287. The lowest BCUT2D eigenvalue weighted by atomic mass is 10.2. The molecule has 10 heteroatoms. The van der Waals surface area contributed by atoms with Crippen LogP contribution in [0.1, 0.15) is 58.3 Å². The van der Waals surface area contributed by atoms with Crippen molar-refractivity contribution >= 4 is 16.2 Å². The smallest absolute Gasteiger partial charge is 0.279 e. The van der Waals surface area contributed by atoms with Gasteiger partial charge < -0.3 is 23.9 Å². The lowest BCUT2D eigenvalue weighted by Gasteiger charge is -2.31. The third kappa shape index (κ3) is 15.0. The Morgan fingerprint density at radius 1 is 1.03 bits per heavy atom. The second kappa shape index (κ2) is 16.0. The zero-order chi connectivity index (χ0) is 26.3. The van der Waals surface area contributed by atoms with Gasteiger partial charge in [0.1, 0.15) is 11.5 Å². The molecule has 0 radical (unpaired) electrons. The number of carbonyl (C=O) groups excluding carboxylic acids is 1. The van der Waals surface area contributed by atoms with Crippen molar-refractivity contribution in [1.29, 1.82) is 0 Å². The number of carboxylic acid groups (broad SMARTS) is 1. The Morgan fingerprint density at radius 2 is 1.60 bits per heavy atom. The van der Waals surface area contributed by atoms with E-state index in [2.05, 4.69) is 11.6 Å². The predicted octanol–water partition coefficient (Wildman–Crippen LogP) is 2.18. The molecule has 0 spiro atoms. The first kappa shape index (κ1) is 31.2. The van der Waals surface area contributed by atoms with Crippen LogP contribution in [0, 0.1) is 0 Å². The Labute approximate surface area is 212 Å². The van der Waals surface area contributed by atoms with Crippen LogP contribution < -0.4 is 19.3 Å². The average Bonchev–Trinajstić information content (AvgIpc) is 2.74. The predicted molar refractivity (Wildman–Crippen MR) is 136 cm³/mol. The normalized spacial score (nSPS) is 13.1. The van der Waals surface area contributed by atoms with Crippen LogP contribution in [0.15, 0.2) is 24.3 Å². The van der Waals surface area contributed by atoms with E-state index in [-0.39, 0.29) is 6.42 Å². The molecule has 0 saturated heterocycles. The summed E-state index contributed by atoms with van der Waals surface area (Å²) in [6, 6.07) is 6.89. The molecule has 1 aromatic carbocycles. The average molecular weight is 516 g/mol. The van der Waals surface area contributed by atoms with E-state index < -0.39 is 22.2 Å². The maximum Gasteiger partial charge on any atom is 0.279 e. The number of nitrogens with zero attached hydrogens (tertiary/aromatic N) is 2. The van der Waals surface area contributed by atoms with E-state index in [1.807, 2.05) is 45.4 Å². The highest BCUT2D eigenvalue weighted by molar-refractivity contribution is 7.87. The number of ether oxygens (including phenoxy) is 2. The van der Waals surface area contributed by atoms with Crippen LogP contribution in [0.2, 0.25) is 0 Å². The maximum atomic E-state index is 12.6. The van der Waals surface area contributed by atoms with Gasteiger partial charge in [-0.1, -0.05) is 32.3 Å². The zero-order valence-electron chi connectivity index (χ0n) is 22.1. The maximum absolute atomic E-state index is 12.6. The zero-order valence-corrected chi connectivity index (χ0v) is 22.9. The standard InChI is InChI=1S/C25H45N3O6S/c1-6-7-8-11-17-33-23-14-13-15-24(20-23)34-18-12-9-10-16-27(2)35(31,32)26-22(19-25(29)30)21-28(3,4)5/h13-15,20,22,26H,6-12,16-19,21H2,1-5H3/t22-/m1/s1. The van der Waals surface area contributed by atoms with Gasteiger partial charge in [-0.15, -0.1) is 0 Å². The minimum absolute atomic E-state index is 0.332.